The number of aliphatic carboxylic acids is 1. The maximum absolute atomic E-state index is 12.9. The van der Waals surface area contributed by atoms with E-state index in [1.165, 1.54) is 44.9 Å². The summed E-state index contributed by atoms with van der Waals surface area (Å²) in [5, 5.41) is 29.7. The van der Waals surface area contributed by atoms with E-state index in [4.69, 9.17) is 19.3 Å². The van der Waals surface area contributed by atoms with Gasteiger partial charge in [0.1, 0.15) is 12.2 Å². The smallest absolute Gasteiger partial charge is 0.336 e. The molecule has 1 aliphatic heterocycles. The summed E-state index contributed by atoms with van der Waals surface area (Å²) in [6.07, 6.45) is 37.6. The van der Waals surface area contributed by atoms with Gasteiger partial charge in [-0.15, -0.1) is 0 Å². The quantitative estimate of drug-likeness (QED) is 0.0319. The van der Waals surface area contributed by atoms with Gasteiger partial charge in [0.15, 0.2) is 6.10 Å². The van der Waals surface area contributed by atoms with Crippen molar-refractivity contribution in [3.63, 3.8) is 0 Å². The third-order valence-corrected chi connectivity index (χ3v) is 9.67. The van der Waals surface area contributed by atoms with Crippen LogP contribution in [-0.4, -0.2) is 64.4 Å². The van der Waals surface area contributed by atoms with Crippen LogP contribution in [0.15, 0.2) is 131 Å². The van der Waals surface area contributed by atoms with Gasteiger partial charge in [0.25, 0.3) is 0 Å². The lowest BCUT2D eigenvalue weighted by atomic mass is 10.0. The Bertz CT molecular complexity index is 1660. The second-order valence-electron chi connectivity index (χ2n) is 16.1. The molecule has 0 aromatic rings. The van der Waals surface area contributed by atoms with Crippen LogP contribution in [0.1, 0.15) is 132 Å². The molecule has 9 heteroatoms. The molecule has 9 nitrogen and oxygen atoms in total. The number of rotatable bonds is 27. The highest BCUT2D eigenvalue weighted by molar-refractivity contribution is 5.88. The molecule has 0 spiro atoms. The second-order valence-corrected chi connectivity index (χ2v) is 16.1. The van der Waals surface area contributed by atoms with Gasteiger partial charge in [-0.05, 0) is 53.9 Å². The number of esters is 2. The van der Waals surface area contributed by atoms with Crippen LogP contribution in [0.5, 0.6) is 0 Å². The van der Waals surface area contributed by atoms with Crippen LogP contribution in [0, 0.1) is 5.92 Å². The Morgan fingerprint density at radius 1 is 0.583 bits per heavy atom. The highest BCUT2D eigenvalue weighted by atomic mass is 16.7. The minimum Gasteiger partial charge on any atom is -0.478 e. The first-order chi connectivity index (χ1) is 28.6. The van der Waals surface area contributed by atoms with E-state index in [9.17, 15) is 24.6 Å². The summed E-state index contributed by atoms with van der Waals surface area (Å²) in [5.41, 5.74) is 4.65. The van der Waals surface area contributed by atoms with Crippen LogP contribution < -0.4 is 0 Å². The molecule has 332 valence electrons. The van der Waals surface area contributed by atoms with Gasteiger partial charge in [-0.2, -0.15) is 0 Å². The van der Waals surface area contributed by atoms with E-state index in [0.29, 0.717) is 6.42 Å². The van der Waals surface area contributed by atoms with Crippen LogP contribution >= 0.6 is 0 Å². The van der Waals surface area contributed by atoms with E-state index in [1.54, 1.807) is 38.2 Å². The number of aliphatic hydroxyl groups is 2. The number of unbranched alkanes of at least 4 members (excludes halogenated alkanes) is 9. The lowest BCUT2D eigenvalue weighted by molar-refractivity contribution is -0.267. The second kappa shape index (κ2) is 32.2. The van der Waals surface area contributed by atoms with Crippen LogP contribution in [-0.2, 0) is 28.6 Å². The average molecular weight is 831 g/mol. The zero-order valence-corrected chi connectivity index (χ0v) is 37.6. The minimum absolute atomic E-state index is 0.169. The van der Waals surface area contributed by atoms with Gasteiger partial charge < -0.3 is 29.5 Å². The zero-order chi connectivity index (χ0) is 44.7. The minimum atomic E-state index is -1.45. The fraction of sp³-hybridized carbons (Fsp3) is 0.510. The van der Waals surface area contributed by atoms with Crippen molar-refractivity contribution in [3.05, 3.63) is 131 Å². The van der Waals surface area contributed by atoms with Gasteiger partial charge in [0.05, 0.1) is 6.61 Å². The van der Waals surface area contributed by atoms with Crippen molar-refractivity contribution in [1.29, 1.82) is 0 Å². The fourth-order valence-electron chi connectivity index (χ4n) is 5.81. The van der Waals surface area contributed by atoms with Crippen molar-refractivity contribution in [2.75, 3.05) is 6.61 Å². The monoisotopic (exact) mass is 831 g/mol. The predicted octanol–water partition coefficient (Wildman–Crippen LogP) is 11.4. The normalized spacial score (nSPS) is 20.5. The molecule has 1 saturated heterocycles. The summed E-state index contributed by atoms with van der Waals surface area (Å²) in [6, 6.07) is 0. The van der Waals surface area contributed by atoms with Crippen molar-refractivity contribution >= 4 is 17.9 Å². The van der Waals surface area contributed by atoms with Gasteiger partial charge in [-0.3, -0.25) is 4.79 Å². The topological polar surface area (TPSA) is 140 Å². The number of hydrogen-bond acceptors (Lipinski definition) is 8. The summed E-state index contributed by atoms with van der Waals surface area (Å²) >= 11 is 0. The van der Waals surface area contributed by atoms with Crippen molar-refractivity contribution in [2.24, 2.45) is 5.92 Å². The first-order valence-corrected chi connectivity index (χ1v) is 21.6. The Kier molecular flexibility index (Phi) is 28.7. The average Bonchev–Trinajstić information content (AvgIpc) is 3.19. The lowest BCUT2D eigenvalue weighted by Crippen LogP contribution is -2.56. The standard InChI is InChI=1S/C51H74O9/c1-38(2)25-17-15-13-11-9-10-12-14-16-18-36-46(53)59-48-47(54)45(52)37-58-51(48)60-50(57)44(8)35-24-33-42(6)31-22-29-40(4)27-20-19-26-39(3)28-21-30-41(5)32-23-34-43(7)49(55)56/h19-24,26-35,38,45,47-48,51-52,54H,9-18,25,36-37H2,1-8H3,(H,55,56)/b20-19+,28-21+,29-22+,32-23+,33-24+,39-26+,40-27+,41-30+,42-31+,43-34+,44-35+/t45-,47-,48?,51+/m1/s1. The van der Waals surface area contributed by atoms with Crippen LogP contribution in [0.25, 0.3) is 0 Å². The fourth-order valence-corrected chi connectivity index (χ4v) is 5.81. The number of carbonyl (C=O) groups excluding carboxylic acids is 2. The summed E-state index contributed by atoms with van der Waals surface area (Å²) in [5.74, 6) is -1.37. The molecule has 1 aliphatic rings. The molecule has 0 radical (unpaired) electrons. The summed E-state index contributed by atoms with van der Waals surface area (Å²) in [4.78, 5) is 36.4. The Labute approximate surface area is 361 Å². The third-order valence-electron chi connectivity index (χ3n) is 9.67. The van der Waals surface area contributed by atoms with Crippen molar-refractivity contribution in [2.45, 2.75) is 157 Å². The first kappa shape index (κ1) is 53.4. The Morgan fingerprint density at radius 2 is 1.00 bits per heavy atom. The molecular formula is C51H74O9. The van der Waals surface area contributed by atoms with Crippen molar-refractivity contribution in [3.8, 4) is 0 Å². The number of hydrogen-bond donors (Lipinski definition) is 3. The Morgan fingerprint density at radius 3 is 1.47 bits per heavy atom. The molecule has 0 aromatic carbocycles. The molecule has 60 heavy (non-hydrogen) atoms. The van der Waals surface area contributed by atoms with Gasteiger partial charge >= 0.3 is 17.9 Å². The van der Waals surface area contributed by atoms with Gasteiger partial charge in [-0.1, -0.05) is 198 Å². The number of aliphatic hydroxyl groups excluding tert-OH is 2. The van der Waals surface area contributed by atoms with Gasteiger partial charge in [0.2, 0.25) is 6.29 Å². The van der Waals surface area contributed by atoms with Crippen LogP contribution in [0.4, 0.5) is 0 Å². The molecule has 1 fully saturated rings. The van der Waals surface area contributed by atoms with E-state index < -0.39 is 42.5 Å². The summed E-state index contributed by atoms with van der Waals surface area (Å²) < 4.78 is 16.5. The first-order valence-electron chi connectivity index (χ1n) is 21.6. The van der Waals surface area contributed by atoms with Crippen LogP contribution in [0.2, 0.25) is 0 Å². The molecular weight excluding hydrogens is 757 g/mol. The Balaban J connectivity index is 2.56. The molecule has 1 rings (SSSR count). The van der Waals surface area contributed by atoms with Crippen LogP contribution in [0.3, 0.4) is 0 Å². The number of ether oxygens (including phenoxy) is 3. The number of carbonyl (C=O) groups is 3. The van der Waals surface area contributed by atoms with Gasteiger partial charge in [0, 0.05) is 17.6 Å². The summed E-state index contributed by atoms with van der Waals surface area (Å²) in [6.45, 7) is 15.3. The predicted molar refractivity (Wildman–Crippen MR) is 244 cm³/mol. The number of allylic oxidation sites excluding steroid dienone is 20. The van der Waals surface area contributed by atoms with Gasteiger partial charge in [-0.25, -0.2) is 9.59 Å². The lowest BCUT2D eigenvalue weighted by Gasteiger charge is -2.36. The van der Waals surface area contributed by atoms with E-state index in [-0.39, 0.29) is 24.2 Å². The molecule has 4 atom stereocenters. The third kappa shape index (κ3) is 26.5. The molecule has 1 heterocycles. The van der Waals surface area contributed by atoms with E-state index in [2.05, 4.69) is 13.8 Å². The highest BCUT2D eigenvalue weighted by Gasteiger charge is 2.43. The van der Waals surface area contributed by atoms with E-state index >= 15 is 0 Å². The largest absolute Gasteiger partial charge is 0.478 e. The van der Waals surface area contributed by atoms with Crippen molar-refractivity contribution in [1.82, 2.24) is 0 Å². The number of carboxylic acids is 1. The maximum atomic E-state index is 12.9. The maximum Gasteiger partial charge on any atom is 0.336 e. The van der Waals surface area contributed by atoms with E-state index in [0.717, 1.165) is 47.5 Å². The van der Waals surface area contributed by atoms with E-state index in [1.807, 2.05) is 101 Å². The Hall–Kier alpha value is -4.57. The zero-order valence-electron chi connectivity index (χ0n) is 37.6. The molecule has 0 saturated carbocycles. The SMILES string of the molecule is CC(/C=C/C=C(C)/C=C/C=C(\C)C(=O)O)=C\C=C\C=C(C)\C=C\C=C(C)\C=C\C=C(/C)C(=O)O[C@@H]1OC[C@@H](O)[C@@H](O)C1OC(=O)CCCCCCCCCCCCC(C)C. The highest BCUT2D eigenvalue weighted by Crippen LogP contribution is 2.22. The molecule has 0 bridgehead atoms. The molecule has 0 amide bonds. The molecule has 0 aromatic heterocycles. The number of carboxylic acid groups (broad SMARTS) is 1. The molecule has 1 unspecified atom stereocenters. The molecule has 3 N–H and O–H groups in total. The summed E-state index contributed by atoms with van der Waals surface area (Å²) in [7, 11) is 0. The molecule has 0 aliphatic carbocycles. The van der Waals surface area contributed by atoms with Crippen molar-refractivity contribution < 1.29 is 43.9 Å².